The van der Waals surface area contributed by atoms with Crippen molar-refractivity contribution in [3.8, 4) is 0 Å². The molecule has 3 heteroatoms. The Morgan fingerprint density at radius 3 is 2.56 bits per heavy atom. The Bertz CT molecular complexity index is 501. The predicted molar refractivity (Wildman–Crippen MR) is 67.7 cm³/mol. The Hall–Kier alpha value is -1.64. The van der Waals surface area contributed by atoms with Gasteiger partial charge in [0.15, 0.2) is 0 Å². The first-order valence-electron chi connectivity index (χ1n) is 5.63. The summed E-state index contributed by atoms with van der Waals surface area (Å²) < 4.78 is 0. The Labute approximate surface area is 95.5 Å². The standard InChI is InChI=1S/C9H8N2O.C4H10/c1-6-2-3-7-8(4-6)11-9(12)5-10-7;1-3-4-2/h2-5H,1H3,(H,11,12);3-4H2,1-2H3. The molecule has 0 radical (unpaired) electrons. The molecule has 0 saturated heterocycles. The highest BCUT2D eigenvalue weighted by molar-refractivity contribution is 5.74. The molecule has 0 unspecified atom stereocenters. The molecule has 0 fully saturated rings. The number of H-pyrrole nitrogens is 1. The summed E-state index contributed by atoms with van der Waals surface area (Å²) >= 11 is 0. The number of aromatic nitrogens is 2. The first-order valence-corrected chi connectivity index (χ1v) is 5.63. The van der Waals surface area contributed by atoms with E-state index < -0.39 is 0 Å². The van der Waals surface area contributed by atoms with E-state index in [1.807, 2.05) is 25.1 Å². The van der Waals surface area contributed by atoms with E-state index in [4.69, 9.17) is 0 Å². The van der Waals surface area contributed by atoms with Crippen LogP contribution >= 0.6 is 0 Å². The molecule has 0 atom stereocenters. The van der Waals surface area contributed by atoms with Crippen molar-refractivity contribution in [1.29, 1.82) is 0 Å². The highest BCUT2D eigenvalue weighted by Gasteiger charge is 1.94. The lowest BCUT2D eigenvalue weighted by Crippen LogP contribution is -2.04. The van der Waals surface area contributed by atoms with E-state index in [0.29, 0.717) is 0 Å². The lowest BCUT2D eigenvalue weighted by molar-refractivity contribution is 0.886. The molecule has 0 amide bonds. The van der Waals surface area contributed by atoms with E-state index in [9.17, 15) is 4.79 Å². The van der Waals surface area contributed by atoms with Gasteiger partial charge in [0.05, 0.1) is 17.2 Å². The molecule has 0 spiro atoms. The van der Waals surface area contributed by atoms with Crippen molar-refractivity contribution in [3.63, 3.8) is 0 Å². The second-order valence-electron chi connectivity index (χ2n) is 3.77. The molecule has 0 aliphatic carbocycles. The normalized spacial score (nSPS) is 9.69. The number of benzene rings is 1. The summed E-state index contributed by atoms with van der Waals surface area (Å²) in [4.78, 5) is 17.6. The number of unbranched alkanes of at least 4 members (excludes halogenated alkanes) is 1. The van der Waals surface area contributed by atoms with Gasteiger partial charge >= 0.3 is 0 Å². The Kier molecular flexibility index (Phi) is 4.70. The fourth-order valence-electron chi connectivity index (χ4n) is 1.16. The van der Waals surface area contributed by atoms with Gasteiger partial charge in [0, 0.05) is 0 Å². The van der Waals surface area contributed by atoms with E-state index in [2.05, 4.69) is 23.8 Å². The highest BCUT2D eigenvalue weighted by Crippen LogP contribution is 2.07. The van der Waals surface area contributed by atoms with Crippen LogP contribution in [0.4, 0.5) is 0 Å². The van der Waals surface area contributed by atoms with Crippen LogP contribution in [0.2, 0.25) is 0 Å². The van der Waals surface area contributed by atoms with Gasteiger partial charge in [-0.2, -0.15) is 0 Å². The summed E-state index contributed by atoms with van der Waals surface area (Å²) in [6, 6.07) is 5.76. The Balaban J connectivity index is 0.000000280. The summed E-state index contributed by atoms with van der Waals surface area (Å²) in [6.07, 6.45) is 3.93. The number of aromatic amines is 1. The van der Waals surface area contributed by atoms with E-state index >= 15 is 0 Å². The summed E-state index contributed by atoms with van der Waals surface area (Å²) in [6.45, 7) is 6.34. The number of hydrogen-bond acceptors (Lipinski definition) is 2. The number of nitrogens with one attached hydrogen (secondary N) is 1. The van der Waals surface area contributed by atoms with Gasteiger partial charge in [-0.15, -0.1) is 0 Å². The molecule has 3 nitrogen and oxygen atoms in total. The van der Waals surface area contributed by atoms with Crippen LogP contribution in [-0.4, -0.2) is 9.97 Å². The maximum absolute atomic E-state index is 10.9. The number of hydrogen-bond donors (Lipinski definition) is 1. The largest absolute Gasteiger partial charge is 0.319 e. The van der Waals surface area contributed by atoms with Gasteiger partial charge in [-0.3, -0.25) is 4.79 Å². The molecule has 0 saturated carbocycles. The van der Waals surface area contributed by atoms with Crippen LogP contribution in [0.1, 0.15) is 32.3 Å². The summed E-state index contributed by atoms with van der Waals surface area (Å²) in [5.41, 5.74) is 2.57. The first-order chi connectivity index (χ1) is 7.67. The van der Waals surface area contributed by atoms with E-state index in [-0.39, 0.29) is 5.56 Å². The first kappa shape index (κ1) is 12.4. The smallest absolute Gasteiger partial charge is 0.266 e. The Morgan fingerprint density at radius 2 is 1.94 bits per heavy atom. The fraction of sp³-hybridized carbons (Fsp3) is 0.385. The second kappa shape index (κ2) is 6.05. The van der Waals surface area contributed by atoms with Crippen molar-refractivity contribution in [1.82, 2.24) is 9.97 Å². The topological polar surface area (TPSA) is 45.8 Å². The minimum absolute atomic E-state index is 0.159. The molecule has 2 rings (SSSR count). The van der Waals surface area contributed by atoms with E-state index in [0.717, 1.165) is 16.6 Å². The summed E-state index contributed by atoms with van der Waals surface area (Å²) in [5, 5.41) is 0. The number of nitrogens with zero attached hydrogens (tertiary/aromatic N) is 1. The minimum Gasteiger partial charge on any atom is -0.319 e. The quantitative estimate of drug-likeness (QED) is 0.799. The van der Waals surface area contributed by atoms with Gasteiger partial charge in [0.1, 0.15) is 0 Å². The van der Waals surface area contributed by atoms with Crippen LogP contribution in [0.15, 0.2) is 29.2 Å². The SMILES string of the molecule is CCCC.Cc1ccc2ncc(=O)[nH]c2c1. The van der Waals surface area contributed by atoms with Crippen LogP contribution in [0.3, 0.4) is 0 Å². The molecular formula is C13H18N2O. The van der Waals surface area contributed by atoms with Gasteiger partial charge < -0.3 is 4.98 Å². The van der Waals surface area contributed by atoms with Crippen molar-refractivity contribution >= 4 is 11.0 Å². The van der Waals surface area contributed by atoms with Crippen molar-refractivity contribution in [2.75, 3.05) is 0 Å². The number of aryl methyl sites for hydroxylation is 1. The molecule has 0 aliphatic heterocycles. The average molecular weight is 218 g/mol. The van der Waals surface area contributed by atoms with Crippen LogP contribution < -0.4 is 5.56 Å². The zero-order valence-corrected chi connectivity index (χ0v) is 10.1. The predicted octanol–water partition coefficient (Wildman–Crippen LogP) is 3.04. The molecule has 16 heavy (non-hydrogen) atoms. The third kappa shape index (κ3) is 3.50. The van der Waals surface area contributed by atoms with E-state index in [1.54, 1.807) is 0 Å². The third-order valence-corrected chi connectivity index (χ3v) is 2.23. The maximum Gasteiger partial charge on any atom is 0.266 e. The van der Waals surface area contributed by atoms with Crippen LogP contribution in [0, 0.1) is 6.92 Å². The maximum atomic E-state index is 10.9. The molecule has 1 N–H and O–H groups in total. The van der Waals surface area contributed by atoms with Crippen LogP contribution in [0.25, 0.3) is 11.0 Å². The van der Waals surface area contributed by atoms with Crippen molar-refractivity contribution in [2.45, 2.75) is 33.6 Å². The molecule has 2 aromatic rings. The zero-order valence-electron chi connectivity index (χ0n) is 10.1. The van der Waals surface area contributed by atoms with Gasteiger partial charge in [0.2, 0.25) is 0 Å². The number of fused-ring (bicyclic) bond motifs is 1. The zero-order chi connectivity index (χ0) is 12.0. The van der Waals surface area contributed by atoms with Gasteiger partial charge in [-0.25, -0.2) is 4.98 Å². The van der Waals surface area contributed by atoms with Gasteiger partial charge in [-0.1, -0.05) is 32.8 Å². The Morgan fingerprint density at radius 1 is 1.25 bits per heavy atom. The minimum atomic E-state index is -0.159. The van der Waals surface area contributed by atoms with Gasteiger partial charge in [0.25, 0.3) is 5.56 Å². The van der Waals surface area contributed by atoms with Crippen molar-refractivity contribution in [3.05, 3.63) is 40.3 Å². The summed E-state index contributed by atoms with van der Waals surface area (Å²) in [5.74, 6) is 0. The average Bonchev–Trinajstić information content (AvgIpc) is 2.29. The van der Waals surface area contributed by atoms with Crippen molar-refractivity contribution < 1.29 is 0 Å². The third-order valence-electron chi connectivity index (χ3n) is 2.23. The summed E-state index contributed by atoms with van der Waals surface area (Å²) in [7, 11) is 0. The molecule has 86 valence electrons. The number of rotatable bonds is 1. The monoisotopic (exact) mass is 218 g/mol. The molecule has 0 bridgehead atoms. The molecule has 1 heterocycles. The molecular weight excluding hydrogens is 200 g/mol. The fourth-order valence-corrected chi connectivity index (χ4v) is 1.16. The van der Waals surface area contributed by atoms with Crippen molar-refractivity contribution in [2.24, 2.45) is 0 Å². The lowest BCUT2D eigenvalue weighted by atomic mass is 10.2. The molecule has 0 aliphatic rings. The van der Waals surface area contributed by atoms with E-state index in [1.165, 1.54) is 19.0 Å². The second-order valence-corrected chi connectivity index (χ2v) is 3.77. The lowest BCUT2D eigenvalue weighted by Gasteiger charge is -1.96. The van der Waals surface area contributed by atoms with Crippen LogP contribution in [0.5, 0.6) is 0 Å². The van der Waals surface area contributed by atoms with Gasteiger partial charge in [-0.05, 0) is 24.6 Å². The highest BCUT2D eigenvalue weighted by atomic mass is 16.1. The molecule has 1 aromatic carbocycles. The molecule has 1 aromatic heterocycles. The van der Waals surface area contributed by atoms with Crippen LogP contribution in [-0.2, 0) is 0 Å².